The lowest BCUT2D eigenvalue weighted by molar-refractivity contribution is 0.104. The summed E-state index contributed by atoms with van der Waals surface area (Å²) in [6.07, 6.45) is 1.70. The third-order valence-corrected chi connectivity index (χ3v) is 5.85. The van der Waals surface area contributed by atoms with Gasteiger partial charge in [0.25, 0.3) is 0 Å². The average Bonchev–Trinajstić information content (AvgIpc) is 2.70. The minimum absolute atomic E-state index is 0.0176. The maximum Gasteiger partial charge on any atom is 0.186 e. The minimum atomic E-state index is -0.0176. The summed E-state index contributed by atoms with van der Waals surface area (Å²) in [4.78, 5) is 14.6. The van der Waals surface area contributed by atoms with Crippen molar-refractivity contribution in [3.05, 3.63) is 101 Å². The van der Waals surface area contributed by atoms with Gasteiger partial charge in [0.05, 0.1) is 7.11 Å². The summed E-state index contributed by atoms with van der Waals surface area (Å²) in [5.41, 5.74) is 1.64. The first kappa shape index (κ1) is 18.5. The molecule has 0 N–H and O–H groups in total. The highest BCUT2D eigenvalue weighted by Gasteiger charge is 2.11. The molecule has 130 valence electrons. The number of rotatable bonds is 6. The molecule has 0 bridgehead atoms. The predicted octanol–water partition coefficient (Wildman–Crippen LogP) is 6.47. The Morgan fingerprint density at radius 2 is 1.54 bits per heavy atom. The fourth-order valence-electron chi connectivity index (χ4n) is 2.38. The van der Waals surface area contributed by atoms with Crippen molar-refractivity contribution in [2.45, 2.75) is 4.90 Å². The van der Waals surface area contributed by atoms with E-state index >= 15 is 0 Å². The van der Waals surface area contributed by atoms with E-state index in [9.17, 15) is 4.79 Å². The Kier molecular flexibility index (Phi) is 6.31. The van der Waals surface area contributed by atoms with Crippen LogP contribution in [0.3, 0.4) is 0 Å². The third kappa shape index (κ3) is 4.65. The molecule has 0 spiro atoms. The van der Waals surface area contributed by atoms with Gasteiger partial charge in [0, 0.05) is 25.9 Å². The lowest BCUT2D eigenvalue weighted by Crippen LogP contribution is -1.95. The Balaban J connectivity index is 1.99. The molecule has 4 heteroatoms. The van der Waals surface area contributed by atoms with E-state index in [1.165, 1.54) is 0 Å². The topological polar surface area (TPSA) is 26.3 Å². The van der Waals surface area contributed by atoms with Crippen LogP contribution in [0.25, 0.3) is 4.91 Å². The largest absolute Gasteiger partial charge is 0.497 e. The van der Waals surface area contributed by atoms with Gasteiger partial charge in [0.1, 0.15) is 5.75 Å². The van der Waals surface area contributed by atoms with Gasteiger partial charge in [-0.1, -0.05) is 66.4 Å². The second kappa shape index (κ2) is 8.88. The Labute approximate surface area is 166 Å². The molecular formula is C22H17BrO2S. The maximum absolute atomic E-state index is 12.7. The van der Waals surface area contributed by atoms with E-state index in [2.05, 4.69) is 15.9 Å². The van der Waals surface area contributed by atoms with Crippen LogP contribution >= 0.6 is 27.7 Å². The molecule has 3 aromatic rings. The van der Waals surface area contributed by atoms with Crippen molar-refractivity contribution < 1.29 is 9.53 Å². The first-order valence-electron chi connectivity index (χ1n) is 8.05. The summed E-state index contributed by atoms with van der Waals surface area (Å²) in [7, 11) is 1.64. The molecule has 0 fully saturated rings. The number of ketones is 1. The summed E-state index contributed by atoms with van der Waals surface area (Å²) in [5, 5.41) is 0. The quantitative estimate of drug-likeness (QED) is 0.257. The lowest BCUT2D eigenvalue weighted by Gasteiger charge is -2.10. The molecule has 2 nitrogen and oxygen atoms in total. The predicted molar refractivity (Wildman–Crippen MR) is 112 cm³/mol. The molecule has 0 heterocycles. The van der Waals surface area contributed by atoms with E-state index < -0.39 is 0 Å². The van der Waals surface area contributed by atoms with Crippen LogP contribution in [0.1, 0.15) is 15.9 Å². The number of hydrogen-bond donors (Lipinski definition) is 0. The van der Waals surface area contributed by atoms with Gasteiger partial charge >= 0.3 is 0 Å². The normalized spacial score (nSPS) is 11.2. The van der Waals surface area contributed by atoms with E-state index in [4.69, 9.17) is 4.74 Å². The third-order valence-electron chi connectivity index (χ3n) is 3.75. The molecule has 26 heavy (non-hydrogen) atoms. The minimum Gasteiger partial charge on any atom is -0.497 e. The number of ether oxygens (including phenoxy) is 1. The molecule has 0 unspecified atom stereocenters. The molecule has 0 aliphatic heterocycles. The summed E-state index contributed by atoms with van der Waals surface area (Å²) >= 11 is 5.14. The number of halogens is 1. The number of allylic oxidation sites excluding steroid dienone is 1. The molecule has 0 atom stereocenters. The summed E-state index contributed by atoms with van der Waals surface area (Å²) in [5.74, 6) is 0.768. The molecule has 0 aromatic heterocycles. The van der Waals surface area contributed by atoms with Gasteiger partial charge < -0.3 is 4.74 Å². The van der Waals surface area contributed by atoms with Crippen LogP contribution in [0, 0.1) is 0 Å². The van der Waals surface area contributed by atoms with Crippen LogP contribution in [-0.2, 0) is 0 Å². The Morgan fingerprint density at radius 3 is 2.19 bits per heavy atom. The zero-order valence-corrected chi connectivity index (χ0v) is 16.6. The highest BCUT2D eigenvalue weighted by Crippen LogP contribution is 2.38. The van der Waals surface area contributed by atoms with Crippen molar-refractivity contribution in [1.82, 2.24) is 0 Å². The van der Waals surface area contributed by atoms with E-state index in [1.807, 2.05) is 78.9 Å². The first-order valence-corrected chi connectivity index (χ1v) is 9.66. The average molecular weight is 425 g/mol. The second-order valence-electron chi connectivity index (χ2n) is 5.50. The van der Waals surface area contributed by atoms with Gasteiger partial charge in [-0.25, -0.2) is 0 Å². The van der Waals surface area contributed by atoms with Crippen molar-refractivity contribution in [2.24, 2.45) is 0 Å². The van der Waals surface area contributed by atoms with Crippen molar-refractivity contribution in [3.8, 4) is 5.75 Å². The molecule has 0 amide bonds. The molecular weight excluding hydrogens is 408 g/mol. The van der Waals surface area contributed by atoms with E-state index in [-0.39, 0.29) is 5.78 Å². The summed E-state index contributed by atoms with van der Waals surface area (Å²) < 4.78 is 6.23. The molecule has 0 radical (unpaired) electrons. The Hall–Kier alpha value is -2.30. The van der Waals surface area contributed by atoms with Gasteiger partial charge in [-0.15, -0.1) is 0 Å². The highest BCUT2D eigenvalue weighted by molar-refractivity contribution is 9.10. The van der Waals surface area contributed by atoms with Crippen LogP contribution in [-0.4, -0.2) is 12.9 Å². The van der Waals surface area contributed by atoms with Gasteiger partial charge in [0.2, 0.25) is 0 Å². The molecule has 3 rings (SSSR count). The fourth-order valence-corrected chi connectivity index (χ4v) is 3.87. The van der Waals surface area contributed by atoms with Gasteiger partial charge in [-0.05, 0) is 45.8 Å². The Morgan fingerprint density at radius 1 is 0.885 bits per heavy atom. The number of carbonyl (C=O) groups excluding carboxylic acids is 1. The van der Waals surface area contributed by atoms with Crippen LogP contribution in [0.15, 0.2) is 94.3 Å². The van der Waals surface area contributed by atoms with Crippen molar-refractivity contribution in [1.29, 1.82) is 0 Å². The second-order valence-corrected chi connectivity index (χ2v) is 7.44. The Bertz CT molecular complexity index is 918. The van der Waals surface area contributed by atoms with Crippen LogP contribution in [0.2, 0.25) is 0 Å². The smallest absolute Gasteiger partial charge is 0.186 e. The number of benzene rings is 3. The molecule has 0 saturated heterocycles. The van der Waals surface area contributed by atoms with E-state index in [1.54, 1.807) is 24.9 Å². The highest BCUT2D eigenvalue weighted by atomic mass is 79.9. The monoisotopic (exact) mass is 424 g/mol. The summed E-state index contributed by atoms with van der Waals surface area (Å²) in [6, 6.07) is 25.0. The zero-order chi connectivity index (χ0) is 18.4. The van der Waals surface area contributed by atoms with Gasteiger partial charge in [0.15, 0.2) is 5.78 Å². The molecule has 0 aliphatic carbocycles. The SMILES string of the molecule is COc1ccc(/C(=C/C(=O)c2ccccc2)Sc2ccccc2Br)cc1. The van der Waals surface area contributed by atoms with Crippen molar-refractivity contribution in [2.75, 3.05) is 7.11 Å². The maximum atomic E-state index is 12.7. The number of methoxy groups -OCH3 is 1. The standard InChI is InChI=1S/C22H17BrO2S/c1-25-18-13-11-17(12-14-18)22(26-21-10-6-5-9-19(21)23)15-20(24)16-7-3-2-4-8-16/h2-15H,1H3/b22-15-. The van der Waals surface area contributed by atoms with E-state index in [0.29, 0.717) is 5.56 Å². The van der Waals surface area contributed by atoms with Crippen LogP contribution in [0.4, 0.5) is 0 Å². The zero-order valence-electron chi connectivity index (χ0n) is 14.2. The van der Waals surface area contributed by atoms with Crippen molar-refractivity contribution >= 4 is 38.4 Å². The van der Waals surface area contributed by atoms with Crippen LogP contribution in [0.5, 0.6) is 5.75 Å². The molecule has 0 aliphatic rings. The van der Waals surface area contributed by atoms with Gasteiger partial charge in [-0.3, -0.25) is 4.79 Å². The van der Waals surface area contributed by atoms with Crippen molar-refractivity contribution in [3.63, 3.8) is 0 Å². The molecule has 3 aromatic carbocycles. The van der Waals surface area contributed by atoms with E-state index in [0.717, 1.165) is 25.6 Å². The number of hydrogen-bond acceptors (Lipinski definition) is 3. The van der Waals surface area contributed by atoms with Crippen LogP contribution < -0.4 is 4.74 Å². The number of carbonyl (C=O) groups is 1. The fraction of sp³-hybridized carbons (Fsp3) is 0.0455. The number of thioether (sulfide) groups is 1. The molecule has 0 saturated carbocycles. The first-order chi connectivity index (χ1) is 12.7. The summed E-state index contributed by atoms with van der Waals surface area (Å²) in [6.45, 7) is 0. The lowest BCUT2D eigenvalue weighted by atomic mass is 10.1. The van der Waals surface area contributed by atoms with Gasteiger partial charge in [-0.2, -0.15) is 0 Å².